The summed E-state index contributed by atoms with van der Waals surface area (Å²) < 4.78 is 39.5. The molecule has 0 bridgehead atoms. The molecule has 136 valence electrons. The van der Waals surface area contributed by atoms with E-state index in [9.17, 15) is 13.1 Å². The Hall–Kier alpha value is -2.88. The van der Waals surface area contributed by atoms with Gasteiger partial charge in [0.2, 0.25) is 12.3 Å². The van der Waals surface area contributed by atoms with Crippen LogP contribution in [0.1, 0.15) is 6.92 Å². The maximum Gasteiger partial charge on any atom is 0.225 e. The van der Waals surface area contributed by atoms with Gasteiger partial charge >= 0.3 is 0 Å². The predicted molar refractivity (Wildman–Crippen MR) is 94.4 cm³/mol. The van der Waals surface area contributed by atoms with Crippen LogP contribution >= 0.6 is 12.3 Å². The van der Waals surface area contributed by atoms with Crippen LogP contribution in [-0.2, 0) is 4.79 Å². The zero-order chi connectivity index (χ0) is 18.7. The third-order valence-electron chi connectivity index (χ3n) is 3.61. The van der Waals surface area contributed by atoms with Crippen LogP contribution in [0.4, 0.5) is 14.1 Å². The minimum atomic E-state index is -0.663. The molecule has 3 aromatic heterocycles. The summed E-state index contributed by atoms with van der Waals surface area (Å²) in [5, 5.41) is 2.92. The summed E-state index contributed by atoms with van der Waals surface area (Å²) in [6.07, 6.45) is 2.91. The molecule has 0 spiro atoms. The van der Waals surface area contributed by atoms with Gasteiger partial charge in [-0.3, -0.25) is 4.79 Å². The van der Waals surface area contributed by atoms with E-state index in [2.05, 4.69) is 15.3 Å². The molecular weight excluding hydrogens is 366 g/mol. The summed E-state index contributed by atoms with van der Waals surface area (Å²) in [5.74, 6) is -0.323. The number of rotatable bonds is 7. The van der Waals surface area contributed by atoms with Crippen molar-refractivity contribution in [2.75, 3.05) is 19.0 Å². The number of carbonyl (C=O) groups excluding carboxylic acids is 1. The van der Waals surface area contributed by atoms with Crippen molar-refractivity contribution in [2.24, 2.45) is 0 Å². The van der Waals surface area contributed by atoms with Crippen molar-refractivity contribution in [1.82, 2.24) is 13.9 Å². The number of hydrogen-bond acceptors (Lipinski definition) is 6. The molecule has 0 saturated heterocycles. The van der Waals surface area contributed by atoms with Crippen LogP contribution in [0.15, 0.2) is 24.5 Å². The third kappa shape index (κ3) is 3.03. The number of anilines is 1. The molecule has 3 aromatic rings. The van der Waals surface area contributed by atoms with Gasteiger partial charge in [-0.05, 0) is 19.1 Å². The first-order valence-electron chi connectivity index (χ1n) is 7.51. The van der Waals surface area contributed by atoms with Crippen molar-refractivity contribution in [3.05, 3.63) is 30.3 Å². The van der Waals surface area contributed by atoms with Gasteiger partial charge in [-0.1, -0.05) is 0 Å². The largest absolute Gasteiger partial charge is 0.490 e. The maximum atomic E-state index is 14.3. The molecule has 0 saturated carbocycles. The maximum absolute atomic E-state index is 14.3. The van der Waals surface area contributed by atoms with Crippen LogP contribution in [-0.4, -0.2) is 34.1 Å². The molecule has 1 N–H and O–H groups in total. The smallest absolute Gasteiger partial charge is 0.225 e. The van der Waals surface area contributed by atoms with Crippen LogP contribution in [0, 0.1) is 5.82 Å². The van der Waals surface area contributed by atoms with Crippen molar-refractivity contribution in [3.8, 4) is 22.8 Å². The summed E-state index contributed by atoms with van der Waals surface area (Å²) in [4.78, 5) is 18.7. The average Bonchev–Trinajstić information content (AvgIpc) is 3.01. The number of hydrogen-bond donors (Lipinski definition) is 1. The van der Waals surface area contributed by atoms with E-state index in [1.165, 1.54) is 13.3 Å². The molecule has 3 rings (SSSR count). The van der Waals surface area contributed by atoms with Gasteiger partial charge in [0.15, 0.2) is 29.5 Å². The fourth-order valence-electron chi connectivity index (χ4n) is 2.60. The Labute approximate surface area is 151 Å². The summed E-state index contributed by atoms with van der Waals surface area (Å²) in [5.41, 5.74) is 0.931. The molecule has 3 heterocycles. The number of aromatic nitrogens is 3. The third-order valence-corrected chi connectivity index (χ3v) is 4.03. The first-order chi connectivity index (χ1) is 12.6. The highest BCUT2D eigenvalue weighted by Crippen LogP contribution is 2.43. The Balaban J connectivity index is 2.32. The molecule has 0 aromatic carbocycles. The highest BCUT2D eigenvalue weighted by molar-refractivity contribution is 7.92. The Bertz CT molecular complexity index is 964. The molecule has 0 atom stereocenters. The molecule has 0 radical (unpaired) electrons. The summed E-state index contributed by atoms with van der Waals surface area (Å²) in [6, 6.07) is 3.18. The number of pyridine rings is 2. The molecule has 0 unspecified atom stereocenters. The monoisotopic (exact) mass is 380 g/mol. The van der Waals surface area contributed by atoms with E-state index < -0.39 is 5.82 Å². The number of halogens is 2. The second kappa shape index (κ2) is 7.56. The Morgan fingerprint density at radius 2 is 2.23 bits per heavy atom. The average molecular weight is 380 g/mol. The molecule has 1 amide bonds. The van der Waals surface area contributed by atoms with Crippen LogP contribution in [0.5, 0.6) is 11.6 Å². The normalized spacial score (nSPS) is 10.8. The van der Waals surface area contributed by atoms with Gasteiger partial charge in [-0.25, -0.2) is 18.3 Å². The number of fused-ring (bicyclic) bond motifs is 1. The SMILES string of the molecule is CCOc1c(F)cnc(OC)c1-c1cn(SF)c2nc(NC=O)ccc12. The number of amides is 1. The molecular formula is C16H14F2N4O3S. The highest BCUT2D eigenvalue weighted by atomic mass is 32.2. The topological polar surface area (TPSA) is 78.3 Å². The lowest BCUT2D eigenvalue weighted by molar-refractivity contribution is -0.105. The molecule has 10 heteroatoms. The number of methoxy groups -OCH3 is 1. The van der Waals surface area contributed by atoms with Crippen LogP contribution in [0.3, 0.4) is 0 Å². The van der Waals surface area contributed by atoms with E-state index in [0.29, 0.717) is 17.4 Å². The standard InChI is InChI=1S/C16H14F2N4O3S/c1-3-25-14-11(17)6-19-16(24-2)13(14)10-7-22(26-18)15-9(10)4-5-12(21-15)20-8-23/h4-8H,3H2,1-2H3,(H,20,21,23). The molecule has 0 aliphatic heterocycles. The van der Waals surface area contributed by atoms with Crippen LogP contribution in [0.25, 0.3) is 22.2 Å². The second-order valence-electron chi connectivity index (χ2n) is 5.02. The van der Waals surface area contributed by atoms with Gasteiger partial charge in [0.1, 0.15) is 5.82 Å². The molecule has 0 fully saturated rings. The predicted octanol–water partition coefficient (Wildman–Crippen LogP) is 3.59. The van der Waals surface area contributed by atoms with E-state index in [0.717, 1.165) is 10.2 Å². The van der Waals surface area contributed by atoms with E-state index >= 15 is 0 Å². The summed E-state index contributed by atoms with van der Waals surface area (Å²) in [6.45, 7) is 1.94. The Morgan fingerprint density at radius 1 is 1.42 bits per heavy atom. The first kappa shape index (κ1) is 17.9. The molecule has 7 nitrogen and oxygen atoms in total. The zero-order valence-electron chi connectivity index (χ0n) is 13.8. The number of nitrogens with zero attached hydrogens (tertiary/aromatic N) is 3. The molecule has 0 aliphatic carbocycles. The van der Waals surface area contributed by atoms with Crippen LogP contribution in [0.2, 0.25) is 0 Å². The fraction of sp³-hybridized carbons (Fsp3) is 0.188. The van der Waals surface area contributed by atoms with Gasteiger partial charge in [-0.15, -0.1) is 3.89 Å². The minimum absolute atomic E-state index is 0.0441. The molecule has 26 heavy (non-hydrogen) atoms. The van der Waals surface area contributed by atoms with Crippen molar-refractivity contribution in [1.29, 1.82) is 0 Å². The van der Waals surface area contributed by atoms with Crippen LogP contribution < -0.4 is 14.8 Å². The fourth-order valence-corrected chi connectivity index (χ4v) is 2.95. The number of nitrogens with one attached hydrogen (secondary N) is 1. The number of carbonyl (C=O) groups is 1. The van der Waals surface area contributed by atoms with Crippen molar-refractivity contribution in [3.63, 3.8) is 0 Å². The van der Waals surface area contributed by atoms with E-state index in [-0.39, 0.29) is 47.6 Å². The van der Waals surface area contributed by atoms with E-state index in [1.807, 2.05) is 0 Å². The Kier molecular flexibility index (Phi) is 5.21. The minimum Gasteiger partial charge on any atom is -0.490 e. The first-order valence-corrected chi connectivity index (χ1v) is 8.19. The highest BCUT2D eigenvalue weighted by Gasteiger charge is 2.24. The van der Waals surface area contributed by atoms with Gasteiger partial charge in [-0.2, -0.15) is 0 Å². The summed E-state index contributed by atoms with van der Waals surface area (Å²) >= 11 is -0.0803. The second-order valence-corrected chi connectivity index (χ2v) is 5.55. The lowest BCUT2D eigenvalue weighted by Gasteiger charge is -2.13. The van der Waals surface area contributed by atoms with Crippen molar-refractivity contribution < 1.29 is 22.5 Å². The van der Waals surface area contributed by atoms with Crippen molar-refractivity contribution >= 4 is 35.6 Å². The van der Waals surface area contributed by atoms with Gasteiger partial charge in [0.25, 0.3) is 0 Å². The summed E-state index contributed by atoms with van der Waals surface area (Å²) in [7, 11) is 1.40. The van der Waals surface area contributed by atoms with Gasteiger partial charge in [0.05, 0.1) is 25.5 Å². The van der Waals surface area contributed by atoms with Gasteiger partial charge in [0, 0.05) is 17.1 Å². The quantitative estimate of drug-likeness (QED) is 0.631. The lowest BCUT2D eigenvalue weighted by atomic mass is 10.1. The molecule has 0 aliphatic rings. The van der Waals surface area contributed by atoms with E-state index in [4.69, 9.17) is 9.47 Å². The Morgan fingerprint density at radius 3 is 2.88 bits per heavy atom. The zero-order valence-corrected chi connectivity index (χ0v) is 14.6. The van der Waals surface area contributed by atoms with E-state index in [1.54, 1.807) is 19.1 Å². The lowest BCUT2D eigenvalue weighted by Crippen LogP contribution is -2.01. The number of ether oxygens (including phenoxy) is 2. The van der Waals surface area contributed by atoms with Gasteiger partial charge < -0.3 is 14.8 Å². The van der Waals surface area contributed by atoms with Crippen molar-refractivity contribution in [2.45, 2.75) is 6.92 Å².